The minimum absolute atomic E-state index is 0.338. The van der Waals surface area contributed by atoms with Crippen molar-refractivity contribution in [1.29, 1.82) is 5.41 Å². The Morgan fingerprint density at radius 3 is 1.14 bits per heavy atom. The molecule has 4 nitrogen and oxygen atoms in total. The Morgan fingerprint density at radius 1 is 0.351 bits per heavy atom. The Hall–Kier alpha value is -7.69. The summed E-state index contributed by atoms with van der Waals surface area (Å²) >= 11 is 0. The van der Waals surface area contributed by atoms with Crippen molar-refractivity contribution in [3.8, 4) is 55.6 Å². The minimum atomic E-state index is 0.338. The van der Waals surface area contributed by atoms with Crippen LogP contribution < -0.4 is 5.43 Å². The topological polar surface area (TPSA) is 61.1 Å². The van der Waals surface area contributed by atoms with Gasteiger partial charge in [-0.3, -0.25) is 15.8 Å². The van der Waals surface area contributed by atoms with Crippen LogP contribution in [0.1, 0.15) is 11.1 Å². The molecule has 0 bridgehead atoms. The van der Waals surface area contributed by atoms with Gasteiger partial charge in [0.25, 0.3) is 0 Å². The summed E-state index contributed by atoms with van der Waals surface area (Å²) in [5, 5.41) is 14.1. The van der Waals surface area contributed by atoms with E-state index in [1.54, 1.807) is 12.4 Å². The average molecular weight is 731 g/mol. The van der Waals surface area contributed by atoms with Crippen molar-refractivity contribution in [2.45, 2.75) is 0 Å². The lowest BCUT2D eigenvalue weighted by Crippen LogP contribution is -2.19. The van der Waals surface area contributed by atoms with E-state index in [4.69, 9.17) is 5.10 Å². The molecule has 0 saturated heterocycles. The van der Waals surface area contributed by atoms with Gasteiger partial charge in [-0.1, -0.05) is 170 Å². The highest BCUT2D eigenvalue weighted by atomic mass is 15.3. The molecule has 1 aliphatic rings. The molecule has 1 aliphatic carbocycles. The van der Waals surface area contributed by atoms with E-state index in [0.717, 1.165) is 61.3 Å². The second-order valence-corrected chi connectivity index (χ2v) is 14.0. The Kier molecular flexibility index (Phi) is 9.81. The summed E-state index contributed by atoms with van der Waals surface area (Å²) in [5.74, 6) is 0. The van der Waals surface area contributed by atoms with Crippen molar-refractivity contribution < 1.29 is 0 Å². The van der Waals surface area contributed by atoms with E-state index in [0.29, 0.717) is 11.4 Å². The summed E-state index contributed by atoms with van der Waals surface area (Å²) in [6.45, 7) is 0. The second kappa shape index (κ2) is 16.0. The van der Waals surface area contributed by atoms with Crippen LogP contribution in [0.25, 0.3) is 66.8 Å². The summed E-state index contributed by atoms with van der Waals surface area (Å²) in [6, 6.07) is 67.5. The number of hydrazone groups is 1. The summed E-state index contributed by atoms with van der Waals surface area (Å²) in [4.78, 5) is 4.13. The number of aromatic nitrogens is 1. The number of rotatable bonds is 9. The predicted octanol–water partition coefficient (Wildman–Crippen LogP) is 13.4. The molecule has 0 fully saturated rings. The highest BCUT2D eigenvalue weighted by molar-refractivity contribution is 6.62. The molecule has 0 spiro atoms. The third kappa shape index (κ3) is 7.79. The van der Waals surface area contributed by atoms with Crippen molar-refractivity contribution in [2.75, 3.05) is 5.43 Å². The molecule has 270 valence electrons. The van der Waals surface area contributed by atoms with Gasteiger partial charge in [0.05, 0.1) is 11.4 Å². The van der Waals surface area contributed by atoms with E-state index in [9.17, 15) is 5.41 Å². The monoisotopic (exact) mass is 730 g/mol. The number of anilines is 1. The van der Waals surface area contributed by atoms with E-state index in [-0.39, 0.29) is 0 Å². The van der Waals surface area contributed by atoms with Crippen molar-refractivity contribution >= 4 is 28.3 Å². The lowest BCUT2D eigenvalue weighted by molar-refractivity contribution is 1.32. The number of benzene rings is 7. The van der Waals surface area contributed by atoms with Crippen molar-refractivity contribution in [1.82, 2.24) is 4.98 Å². The maximum Gasteiger partial charge on any atom is 0.116 e. The summed E-state index contributed by atoms with van der Waals surface area (Å²) in [6.07, 6.45) is 7.65. The van der Waals surface area contributed by atoms with E-state index in [1.807, 2.05) is 42.5 Å². The van der Waals surface area contributed by atoms with Crippen LogP contribution in [0.5, 0.6) is 0 Å². The van der Waals surface area contributed by atoms with Gasteiger partial charge in [-0.25, -0.2) is 0 Å². The molecule has 0 aliphatic heterocycles. The number of allylic oxidation sites excluding steroid dienone is 4. The summed E-state index contributed by atoms with van der Waals surface area (Å²) in [7, 11) is 0. The zero-order chi connectivity index (χ0) is 38.4. The van der Waals surface area contributed by atoms with E-state index >= 15 is 0 Å². The van der Waals surface area contributed by atoms with E-state index in [2.05, 4.69) is 174 Å². The maximum atomic E-state index is 9.26. The molecule has 4 heteroatoms. The summed E-state index contributed by atoms with van der Waals surface area (Å²) in [5.41, 5.74) is 20.4. The van der Waals surface area contributed by atoms with Gasteiger partial charge in [-0.2, -0.15) is 5.10 Å². The number of hydrogen-bond acceptors (Lipinski definition) is 4. The van der Waals surface area contributed by atoms with Crippen molar-refractivity contribution in [3.05, 3.63) is 230 Å². The molecular weight excluding hydrogens is 693 g/mol. The smallest absolute Gasteiger partial charge is 0.116 e. The van der Waals surface area contributed by atoms with Crippen LogP contribution in [-0.2, 0) is 0 Å². The van der Waals surface area contributed by atoms with Crippen LogP contribution in [-0.4, -0.2) is 16.4 Å². The third-order valence-electron chi connectivity index (χ3n) is 10.4. The molecule has 1 heterocycles. The van der Waals surface area contributed by atoms with E-state index in [1.165, 1.54) is 22.3 Å². The Labute approximate surface area is 333 Å². The molecular formula is C53H38N4. The quantitative estimate of drug-likeness (QED) is 0.115. The van der Waals surface area contributed by atoms with Crippen LogP contribution in [0.2, 0.25) is 0 Å². The highest BCUT2D eigenvalue weighted by Crippen LogP contribution is 2.33. The van der Waals surface area contributed by atoms with Gasteiger partial charge >= 0.3 is 0 Å². The standard InChI is InChI=1S/C53H38N4/c54-52-36-49(46-21-19-43(20-22-46)41-15-11-39(12-16-41)37-7-3-1-4-8-37)35-51(53(52)57-56-50-29-27-45(28-30-50)47-31-33-55-34-32-47)48-25-23-44(24-26-48)42-17-13-40(14-18-42)38-9-5-2-6-10-38/h1-36,54,56H/b54-52?,57-53-. The normalized spacial score (nSPS) is 13.2. The highest BCUT2D eigenvalue weighted by Gasteiger charge is 2.21. The maximum absolute atomic E-state index is 9.26. The number of nitrogens with zero attached hydrogens (tertiary/aromatic N) is 2. The first kappa shape index (κ1) is 35.0. The van der Waals surface area contributed by atoms with Crippen molar-refractivity contribution in [2.24, 2.45) is 5.10 Å². The van der Waals surface area contributed by atoms with Crippen LogP contribution in [0.3, 0.4) is 0 Å². The fraction of sp³-hybridized carbons (Fsp3) is 0. The minimum Gasteiger partial charge on any atom is -0.299 e. The Balaban J connectivity index is 1.00. The first-order valence-corrected chi connectivity index (χ1v) is 19.0. The molecule has 0 radical (unpaired) electrons. The fourth-order valence-corrected chi connectivity index (χ4v) is 7.21. The van der Waals surface area contributed by atoms with Crippen LogP contribution in [0.4, 0.5) is 5.69 Å². The average Bonchev–Trinajstić information content (AvgIpc) is 3.30. The molecule has 0 atom stereocenters. The van der Waals surface area contributed by atoms with Gasteiger partial charge in [-0.15, -0.1) is 0 Å². The Bertz CT molecular complexity index is 2730. The predicted molar refractivity (Wildman–Crippen MR) is 239 cm³/mol. The molecule has 1 aromatic heterocycles. The van der Waals surface area contributed by atoms with Crippen LogP contribution in [0, 0.1) is 5.41 Å². The zero-order valence-corrected chi connectivity index (χ0v) is 31.2. The van der Waals surface area contributed by atoms with Crippen LogP contribution >= 0.6 is 0 Å². The number of pyridine rings is 1. The SMILES string of the molecule is N=C1C=C(c2ccc(-c3ccc(-c4ccccc4)cc3)cc2)C=C(c2ccc(-c3ccc(-c4ccccc4)cc3)cc2)/C1=N/Nc1ccc(-c2ccncc2)cc1. The molecule has 8 aromatic rings. The third-order valence-corrected chi connectivity index (χ3v) is 10.4. The fourth-order valence-electron chi connectivity index (χ4n) is 7.21. The van der Waals surface area contributed by atoms with Gasteiger partial charge in [0.1, 0.15) is 5.71 Å². The molecule has 7 aromatic carbocycles. The largest absolute Gasteiger partial charge is 0.299 e. The molecule has 0 amide bonds. The van der Waals surface area contributed by atoms with Crippen molar-refractivity contribution in [3.63, 3.8) is 0 Å². The Morgan fingerprint density at radius 2 is 0.702 bits per heavy atom. The molecule has 0 unspecified atom stereocenters. The molecule has 57 heavy (non-hydrogen) atoms. The van der Waals surface area contributed by atoms with Crippen LogP contribution in [0.15, 0.2) is 224 Å². The van der Waals surface area contributed by atoms with Gasteiger partial charge in [-0.05, 0) is 109 Å². The van der Waals surface area contributed by atoms with Gasteiger partial charge in [0, 0.05) is 18.0 Å². The molecule has 0 saturated carbocycles. The first-order chi connectivity index (χ1) is 28.1. The van der Waals surface area contributed by atoms with E-state index < -0.39 is 0 Å². The van der Waals surface area contributed by atoms with Gasteiger partial charge in [0.15, 0.2) is 0 Å². The molecule has 2 N–H and O–H groups in total. The first-order valence-electron chi connectivity index (χ1n) is 19.0. The number of hydrogen-bond donors (Lipinski definition) is 2. The number of nitrogens with one attached hydrogen (secondary N) is 2. The van der Waals surface area contributed by atoms with Gasteiger partial charge < -0.3 is 0 Å². The van der Waals surface area contributed by atoms with Gasteiger partial charge in [0.2, 0.25) is 0 Å². The second-order valence-electron chi connectivity index (χ2n) is 14.0. The molecule has 9 rings (SSSR count). The lowest BCUT2D eigenvalue weighted by atomic mass is 9.87. The zero-order valence-electron chi connectivity index (χ0n) is 31.2. The summed E-state index contributed by atoms with van der Waals surface area (Å²) < 4.78 is 0. The lowest BCUT2D eigenvalue weighted by Gasteiger charge is -2.19.